The number of esters is 2. The summed E-state index contributed by atoms with van der Waals surface area (Å²) in [5, 5.41) is 79.3. The zero-order valence-corrected chi connectivity index (χ0v) is 54.2. The summed E-state index contributed by atoms with van der Waals surface area (Å²) >= 11 is 0. The lowest BCUT2D eigenvalue weighted by Crippen LogP contribution is -2.59. The summed E-state index contributed by atoms with van der Waals surface area (Å²) in [5.74, 6) is -2.33. The van der Waals surface area contributed by atoms with Gasteiger partial charge in [0.1, 0.15) is 47.8 Å². The predicted molar refractivity (Wildman–Crippen MR) is 315 cm³/mol. The van der Waals surface area contributed by atoms with Crippen LogP contribution < -0.4 is 0 Å². The number of rotatable bonds is 8. The van der Waals surface area contributed by atoms with Gasteiger partial charge >= 0.3 is 11.9 Å². The van der Waals surface area contributed by atoms with Crippen LogP contribution in [0.5, 0.6) is 0 Å². The fourth-order valence-electron chi connectivity index (χ4n) is 13.8. The number of cyclic esters (lactones) is 2. The molecule has 20 nitrogen and oxygen atoms in total. The maximum absolute atomic E-state index is 13.5. The fourth-order valence-corrected chi connectivity index (χ4v) is 13.8. The van der Waals surface area contributed by atoms with Gasteiger partial charge in [-0.1, -0.05) is 47.6 Å². The van der Waals surface area contributed by atoms with Crippen molar-refractivity contribution in [2.75, 3.05) is 55.4 Å². The van der Waals surface area contributed by atoms with E-state index in [2.05, 4.69) is 19.8 Å². The SMILES string of the molecule is C#C.CC[C@H]1OC(=O)/C(C)=C\[C@H](C)[C@@H](O[C@@H]2O[C@H](C)CC(N(C)C)[C@H]2O)[C@](C)(O)C[C@@H](C)CN(C)[C@H](C)[C@@H](O)[C@]1(C)O.CC[C@H]1OC(=O)[C@H](C)C2O[C@](C)(C[C@@H](C)CN(C)[C@H](C)[C@@H](O)[C@]1(C)O)[C@H](O[C@@H]1O[C@H](C)CC(N(C)C)[C@H]1O)[C@H]2C. The summed E-state index contributed by atoms with van der Waals surface area (Å²) in [5.41, 5.74) is -5.16. The third-order valence-electron chi connectivity index (χ3n) is 18.7. The van der Waals surface area contributed by atoms with Crippen LogP contribution >= 0.6 is 0 Å². The largest absolute Gasteiger partial charge is 0.459 e. The number of aliphatic hydroxyl groups excluding tert-OH is 4. The van der Waals surface area contributed by atoms with E-state index in [9.17, 15) is 45.3 Å². The van der Waals surface area contributed by atoms with Crippen molar-refractivity contribution in [3.05, 3.63) is 11.6 Å². The Morgan fingerprint density at radius 1 is 0.659 bits per heavy atom. The molecule has 3 unspecified atom stereocenters. The van der Waals surface area contributed by atoms with Gasteiger partial charge in [0.05, 0.1) is 47.6 Å². The summed E-state index contributed by atoms with van der Waals surface area (Å²) in [6.45, 7) is 30.6. The van der Waals surface area contributed by atoms with E-state index in [0.29, 0.717) is 57.2 Å². The number of nitrogens with zero attached hydrogens (tertiary/aromatic N) is 4. The zero-order valence-electron chi connectivity index (χ0n) is 54.2. The van der Waals surface area contributed by atoms with Crippen LogP contribution in [-0.4, -0.2) is 249 Å². The van der Waals surface area contributed by atoms with E-state index in [1.54, 1.807) is 33.8 Å². The summed E-state index contributed by atoms with van der Waals surface area (Å²) in [7, 11) is 11.5. The third-order valence-corrected chi connectivity index (χ3v) is 18.7. The van der Waals surface area contributed by atoms with E-state index in [-0.39, 0.29) is 42.0 Å². The van der Waals surface area contributed by atoms with Crippen molar-refractivity contribution in [3.63, 3.8) is 0 Å². The van der Waals surface area contributed by atoms with Gasteiger partial charge in [0.2, 0.25) is 0 Å². The predicted octanol–water partition coefficient (Wildman–Crippen LogP) is 4.20. The second-order valence-corrected chi connectivity index (χ2v) is 26.8. The van der Waals surface area contributed by atoms with Crippen LogP contribution in [0.2, 0.25) is 0 Å². The topological polar surface area (TPSA) is 253 Å². The molecule has 4 fully saturated rings. The summed E-state index contributed by atoms with van der Waals surface area (Å²) in [6.07, 6.45) is 2.92. The Balaban J connectivity index is 0.000000418. The lowest BCUT2D eigenvalue weighted by atomic mass is 9.81. The number of terminal acetylenes is 1. The van der Waals surface area contributed by atoms with Crippen molar-refractivity contribution in [2.24, 2.45) is 29.6 Å². The fraction of sp³-hybridized carbons (Fsp3) is 0.903. The van der Waals surface area contributed by atoms with Gasteiger partial charge in [-0.3, -0.25) is 4.79 Å². The van der Waals surface area contributed by atoms with Crippen molar-refractivity contribution in [3.8, 4) is 12.8 Å². The number of carbonyl (C=O) groups excluding carboxylic acids is 2. The molecule has 0 radical (unpaired) electrons. The minimum Gasteiger partial charge on any atom is -0.459 e. The van der Waals surface area contributed by atoms with Crippen LogP contribution in [0.1, 0.15) is 149 Å². The average molecular weight is 1170 g/mol. The normalized spacial score (nSPS) is 47.2. The Hall–Kier alpha value is -2.40. The maximum atomic E-state index is 13.5. The van der Waals surface area contributed by atoms with Crippen LogP contribution in [0.3, 0.4) is 0 Å². The number of fused-ring (bicyclic) bond motifs is 2. The highest BCUT2D eigenvalue weighted by Crippen LogP contribution is 2.46. The molecule has 5 aliphatic heterocycles. The number of aliphatic hydroxyl groups is 7. The van der Waals surface area contributed by atoms with E-state index < -0.39 is 126 Å². The van der Waals surface area contributed by atoms with Gasteiger partial charge in [-0.2, -0.15) is 0 Å². The molecule has 0 aromatic heterocycles. The molecule has 0 aromatic rings. The smallest absolute Gasteiger partial charge is 0.333 e. The molecule has 0 amide bonds. The van der Waals surface area contributed by atoms with Crippen LogP contribution in [0.15, 0.2) is 11.6 Å². The Kier molecular flexibility index (Phi) is 27.5. The molecule has 20 heteroatoms. The first-order valence-corrected chi connectivity index (χ1v) is 30.1. The molecular formula is C62H114N4O16. The quantitative estimate of drug-likeness (QED) is 0.133. The second-order valence-electron chi connectivity index (χ2n) is 26.8. The van der Waals surface area contributed by atoms with Crippen LogP contribution in [-0.2, 0) is 42.7 Å². The number of ether oxygens (including phenoxy) is 7. The number of likely N-dealkylation sites (N-methyl/N-ethyl adjacent to an activating group) is 4. The second kappa shape index (κ2) is 30.5. The monoisotopic (exact) mass is 1170 g/mol. The van der Waals surface area contributed by atoms with Crippen molar-refractivity contribution in [1.29, 1.82) is 0 Å². The van der Waals surface area contributed by atoms with Crippen LogP contribution in [0.4, 0.5) is 0 Å². The molecule has 82 heavy (non-hydrogen) atoms. The van der Waals surface area contributed by atoms with Gasteiger partial charge in [0, 0.05) is 54.7 Å². The summed E-state index contributed by atoms with van der Waals surface area (Å²) in [6, 6.07) is -1.14. The molecule has 5 rings (SSSR count). The van der Waals surface area contributed by atoms with Crippen LogP contribution in [0, 0.1) is 42.4 Å². The van der Waals surface area contributed by atoms with E-state index in [1.165, 1.54) is 13.8 Å². The number of hydrogen-bond acceptors (Lipinski definition) is 20. The molecular weight excluding hydrogens is 1060 g/mol. The van der Waals surface area contributed by atoms with E-state index >= 15 is 0 Å². The van der Waals surface area contributed by atoms with Gasteiger partial charge in [0.25, 0.3) is 0 Å². The Morgan fingerprint density at radius 3 is 1.48 bits per heavy atom. The molecule has 26 atom stereocenters. The summed E-state index contributed by atoms with van der Waals surface area (Å²) in [4.78, 5) is 34.6. The highest BCUT2D eigenvalue weighted by atomic mass is 16.7. The van der Waals surface area contributed by atoms with Gasteiger partial charge in [0.15, 0.2) is 12.6 Å². The number of hydrogen-bond donors (Lipinski definition) is 7. The molecule has 7 N–H and O–H groups in total. The molecule has 4 saturated heterocycles. The molecule has 0 aliphatic carbocycles. The maximum Gasteiger partial charge on any atom is 0.333 e. The molecule has 5 heterocycles. The van der Waals surface area contributed by atoms with Gasteiger partial charge < -0.3 is 88.5 Å². The summed E-state index contributed by atoms with van der Waals surface area (Å²) < 4.78 is 43.6. The molecule has 0 aromatic carbocycles. The third kappa shape index (κ3) is 17.7. The Morgan fingerprint density at radius 2 is 1.06 bits per heavy atom. The lowest BCUT2D eigenvalue weighted by molar-refractivity contribution is -0.292. The first-order chi connectivity index (χ1) is 37.8. The molecule has 0 saturated carbocycles. The van der Waals surface area contributed by atoms with Crippen molar-refractivity contribution < 1.29 is 78.5 Å². The average Bonchev–Trinajstić information content (AvgIpc) is 3.76. The standard InChI is InChI=1S/2C30H56N2O8.C2H2/c1-12-22-30(8,36)25(34)20(6)32(11)15-16(2)14-29(7)26(18(4)24(40-29)19(5)27(35)38-22)39-28-23(33)21(31(9)10)13-17(3)37-28;1-12-23-30(8,37)25(34)21(6)32(11)16-17(2)15-29(7,36)26(18(3)13-19(4)27(35)39-23)40-28-24(33)22(31(9)10)14-20(5)38-28;1-2/h16-26,28,33-34,36H,12-15H2,1-11H3;13,17-18,20-26,28,33-34,36-37H,12,14-16H2,1-11H3;1-2H/b;19-13-;/t16-,17-,18+,19-,20-,21?,22-,23-,24?,25-,26-,28+,29-,30-;17-,18+,20-,21-,22?,23-,24-,25-,26-,28+,29-,30-;/m11./s1. The van der Waals surface area contributed by atoms with Crippen molar-refractivity contribution in [1.82, 2.24) is 19.6 Å². The molecule has 2 bridgehead atoms. The van der Waals surface area contributed by atoms with Gasteiger partial charge in [-0.15, -0.1) is 12.8 Å². The van der Waals surface area contributed by atoms with Crippen molar-refractivity contribution >= 4 is 11.9 Å². The zero-order chi connectivity index (χ0) is 63.1. The highest BCUT2D eigenvalue weighted by molar-refractivity contribution is 5.88. The highest BCUT2D eigenvalue weighted by Gasteiger charge is 2.57. The minimum absolute atomic E-state index is 0.0291. The van der Waals surface area contributed by atoms with Gasteiger partial charge in [-0.25, -0.2) is 4.79 Å². The van der Waals surface area contributed by atoms with E-state index in [1.807, 2.05) is 124 Å². The minimum atomic E-state index is -1.68. The van der Waals surface area contributed by atoms with Crippen molar-refractivity contribution in [2.45, 2.75) is 276 Å². The lowest BCUT2D eigenvalue weighted by Gasteiger charge is -2.45. The number of carbonyl (C=O) groups is 2. The van der Waals surface area contributed by atoms with Crippen LogP contribution in [0.25, 0.3) is 0 Å². The van der Waals surface area contributed by atoms with Gasteiger partial charge in [-0.05, 0) is 162 Å². The molecule has 0 spiro atoms. The first kappa shape index (κ1) is 73.9. The Bertz CT molecular complexity index is 2040. The first-order valence-electron chi connectivity index (χ1n) is 30.1. The Labute approximate surface area is 493 Å². The van der Waals surface area contributed by atoms with E-state index in [0.717, 1.165) is 0 Å². The molecule has 5 aliphatic rings. The van der Waals surface area contributed by atoms with E-state index in [4.69, 9.17) is 33.2 Å². The molecule has 478 valence electrons.